The second-order valence-corrected chi connectivity index (χ2v) is 7.48. The first-order valence-corrected chi connectivity index (χ1v) is 8.90. The zero-order chi connectivity index (χ0) is 36.6. The molecule has 0 saturated carbocycles. The molecule has 30 heteroatoms. The molecule has 0 aliphatic carbocycles. The minimum atomic E-state index is -8.82. The molecule has 0 aliphatic rings. The molecule has 0 spiro atoms. The van der Waals surface area contributed by atoms with E-state index in [9.17, 15) is 124 Å². The average Bonchev–Trinajstić information content (AvgIpc) is 2.79. The van der Waals surface area contributed by atoms with Gasteiger partial charge < -0.3 is 0 Å². The first kappa shape index (κ1) is 41.1. The van der Waals surface area contributed by atoms with Crippen molar-refractivity contribution in [3.8, 4) is 0 Å². The van der Waals surface area contributed by atoms with Gasteiger partial charge >= 0.3 is 83.5 Å². The highest BCUT2D eigenvalue weighted by Gasteiger charge is 2.94. The third-order valence-electron chi connectivity index (χ3n) is 4.57. The quantitative estimate of drug-likeness (QED) is 0.133. The van der Waals surface area contributed by atoms with E-state index >= 15 is 0 Å². The molecule has 4 nitrogen and oxygen atoms in total. The topological polar surface area (TPSA) is 52.6 Å². The van der Waals surface area contributed by atoms with Gasteiger partial charge in [0.15, 0.2) is 0 Å². The second kappa shape index (κ2) is 10.3. The molecule has 0 bridgehead atoms. The Morgan fingerprint density at radius 2 is 0.432 bits per heavy atom. The molecule has 0 fully saturated rings. The monoisotopic (exact) mass is 726 g/mol. The first-order valence-electron chi connectivity index (χ1n) is 8.90. The van der Waals surface area contributed by atoms with Crippen LogP contribution in [0.5, 0.6) is 0 Å². The molecule has 0 radical (unpaired) electrons. The lowest BCUT2D eigenvalue weighted by Gasteiger charge is -2.39. The summed E-state index contributed by atoms with van der Waals surface area (Å²) in [7, 11) is 0. The summed E-state index contributed by atoms with van der Waals surface area (Å²) in [6, 6.07) is 0. The number of carbonyl (C=O) groups excluding carboxylic acids is 2. The van der Waals surface area contributed by atoms with Gasteiger partial charge in [0.25, 0.3) is 0 Å². The number of rotatable bonds is 10. The van der Waals surface area contributed by atoms with Crippen molar-refractivity contribution in [2.45, 2.75) is 71.6 Å². The highest BCUT2D eigenvalue weighted by molar-refractivity contribution is 5.82. The molecule has 0 heterocycles. The van der Waals surface area contributed by atoms with Gasteiger partial charge in [-0.25, -0.2) is 19.4 Å². The van der Waals surface area contributed by atoms with Gasteiger partial charge in [-0.1, -0.05) is 0 Å². The van der Waals surface area contributed by atoms with Crippen molar-refractivity contribution in [1.82, 2.24) is 0 Å². The molecule has 0 aromatic rings. The van der Waals surface area contributed by atoms with Crippen molar-refractivity contribution >= 4 is 11.9 Å². The molecule has 0 saturated heterocycles. The maximum absolute atomic E-state index is 13.4. The molecule has 44 heavy (non-hydrogen) atoms. The maximum atomic E-state index is 13.4. The van der Waals surface area contributed by atoms with Crippen LogP contribution in [-0.4, -0.2) is 83.5 Å². The van der Waals surface area contributed by atoms with Gasteiger partial charge in [0.2, 0.25) is 0 Å². The minimum absolute atomic E-state index is 1.74. The summed E-state index contributed by atoms with van der Waals surface area (Å²) in [6.45, 7) is 0. The van der Waals surface area contributed by atoms with Crippen LogP contribution in [0.2, 0.25) is 0 Å². The third-order valence-corrected chi connectivity index (χ3v) is 4.57. The Balaban J connectivity index is 6.46. The van der Waals surface area contributed by atoms with E-state index in [0.29, 0.717) is 0 Å². The fourth-order valence-corrected chi connectivity index (χ4v) is 1.98. The number of halogens is 26. The maximum Gasteiger partial charge on any atom is 0.460 e. The Morgan fingerprint density at radius 3 is 0.591 bits per heavy atom. The number of hydrogen-bond donors (Lipinski definition) is 0. The van der Waals surface area contributed by atoms with Crippen LogP contribution in [0.25, 0.3) is 0 Å². The van der Waals surface area contributed by atoms with E-state index in [1.165, 1.54) is 0 Å². The molecule has 0 aromatic heterocycles. The van der Waals surface area contributed by atoms with Gasteiger partial charge in [-0.05, 0) is 0 Å². The molecule has 262 valence electrons. The molecule has 0 aliphatic heterocycles. The molecular formula is C14F26O4. The van der Waals surface area contributed by atoms with Gasteiger partial charge in [-0.2, -0.15) is 114 Å². The summed E-state index contributed by atoms with van der Waals surface area (Å²) in [5.74, 6) is -95.8. The first-order chi connectivity index (χ1) is 18.5. The van der Waals surface area contributed by atoms with Crippen molar-refractivity contribution < 1.29 is 134 Å². The molecule has 0 rings (SSSR count). The van der Waals surface area contributed by atoms with E-state index in [2.05, 4.69) is 0 Å². The lowest BCUT2D eigenvalue weighted by molar-refractivity contribution is -0.441. The Kier molecular flexibility index (Phi) is 9.65. The molecule has 0 unspecified atom stereocenters. The van der Waals surface area contributed by atoms with Crippen molar-refractivity contribution in [1.29, 1.82) is 0 Å². The lowest BCUT2D eigenvalue weighted by atomic mass is 9.94. The van der Waals surface area contributed by atoms with Gasteiger partial charge in [0.05, 0.1) is 0 Å². The fourth-order valence-electron chi connectivity index (χ4n) is 1.98. The lowest BCUT2D eigenvalue weighted by Crippen LogP contribution is -2.71. The van der Waals surface area contributed by atoms with Crippen LogP contribution in [0.3, 0.4) is 0 Å². The van der Waals surface area contributed by atoms with Crippen molar-refractivity contribution in [3.05, 3.63) is 0 Å². The Morgan fingerprint density at radius 1 is 0.273 bits per heavy atom. The molecule has 0 atom stereocenters. The molecule has 0 amide bonds. The van der Waals surface area contributed by atoms with Crippen LogP contribution in [0, 0.1) is 0 Å². The summed E-state index contributed by atoms with van der Waals surface area (Å²) >= 11 is 0. The van der Waals surface area contributed by atoms with E-state index in [-0.39, 0.29) is 0 Å². The number of alkyl halides is 26. The van der Waals surface area contributed by atoms with Crippen LogP contribution >= 0.6 is 0 Å². The number of carbonyl (C=O) groups is 2. The molecular weight excluding hydrogens is 726 g/mol. The smallest absolute Gasteiger partial charge is 0.240 e. The summed E-state index contributed by atoms with van der Waals surface area (Å²) < 4.78 is 334. The van der Waals surface area contributed by atoms with Gasteiger partial charge in [0.1, 0.15) is 0 Å². The number of hydrogen-bond acceptors (Lipinski definition) is 4. The van der Waals surface area contributed by atoms with Gasteiger partial charge in [-0.3, -0.25) is 0 Å². The Bertz CT molecular complexity index is 1010. The third kappa shape index (κ3) is 5.24. The van der Waals surface area contributed by atoms with E-state index in [0.717, 1.165) is 0 Å². The van der Waals surface area contributed by atoms with E-state index in [4.69, 9.17) is 0 Å². The fraction of sp³-hybridized carbons (Fsp3) is 0.857. The van der Waals surface area contributed by atoms with Gasteiger partial charge in [0, 0.05) is 0 Å². The summed E-state index contributed by atoms with van der Waals surface area (Å²) in [5.41, 5.74) is 0. The largest absolute Gasteiger partial charge is 0.460 e. The standard InChI is InChI=1S/C14F26O4/c15-3(16,5(19,20)7(23,24)9(27,28)11(31,32)13(35,36)37)1(41)43-44-2(42)4(17,18)6(21,22)8(25,26)10(29,30)12(33,34)14(38,39)40. The van der Waals surface area contributed by atoms with Crippen LogP contribution in [-0.2, 0) is 19.4 Å². The molecule has 0 aromatic carbocycles. The predicted octanol–water partition coefficient (Wildman–Crippen LogP) is 7.47. The second-order valence-electron chi connectivity index (χ2n) is 7.48. The van der Waals surface area contributed by atoms with Crippen LogP contribution in [0.15, 0.2) is 0 Å². The van der Waals surface area contributed by atoms with E-state index < -0.39 is 83.5 Å². The van der Waals surface area contributed by atoms with Gasteiger partial charge in [-0.15, -0.1) is 0 Å². The Hall–Kier alpha value is -2.88. The average molecular weight is 726 g/mol. The van der Waals surface area contributed by atoms with E-state index in [1.807, 2.05) is 0 Å². The minimum Gasteiger partial charge on any atom is -0.240 e. The van der Waals surface area contributed by atoms with Crippen molar-refractivity contribution in [2.24, 2.45) is 0 Å². The van der Waals surface area contributed by atoms with Crippen molar-refractivity contribution in [2.75, 3.05) is 0 Å². The zero-order valence-electron chi connectivity index (χ0n) is 18.5. The van der Waals surface area contributed by atoms with E-state index in [1.54, 1.807) is 9.78 Å². The molecule has 0 N–H and O–H groups in total. The zero-order valence-corrected chi connectivity index (χ0v) is 18.5. The highest BCUT2D eigenvalue weighted by Crippen LogP contribution is 2.62. The predicted molar refractivity (Wildman–Crippen MR) is 73.8 cm³/mol. The van der Waals surface area contributed by atoms with Crippen LogP contribution < -0.4 is 0 Å². The highest BCUT2D eigenvalue weighted by atomic mass is 19.4. The van der Waals surface area contributed by atoms with Crippen molar-refractivity contribution in [3.63, 3.8) is 0 Å². The Labute approximate surface area is 218 Å². The SMILES string of the molecule is O=C(OOC(=O)C(F)(F)C(F)(F)C(F)(F)C(F)(F)C(F)(F)C(F)(F)F)C(F)(F)C(F)(F)C(F)(F)C(F)(F)C(F)(F)C(F)(F)F. The van der Waals surface area contributed by atoms with Crippen LogP contribution in [0.4, 0.5) is 114 Å². The summed E-state index contributed by atoms with van der Waals surface area (Å²) in [6.07, 6.45) is -16.0. The van der Waals surface area contributed by atoms with Crippen LogP contribution in [0.1, 0.15) is 0 Å². The normalized spacial score (nSPS) is 16.1. The summed E-state index contributed by atoms with van der Waals surface area (Å²) in [4.78, 5) is 25.0. The summed E-state index contributed by atoms with van der Waals surface area (Å²) in [5, 5.41) is 0.